The van der Waals surface area contributed by atoms with Gasteiger partial charge in [0.15, 0.2) is 0 Å². The molecule has 2 atom stereocenters. The number of rotatable bonds is 25. The molecule has 9 nitrogen and oxygen atoms in total. The van der Waals surface area contributed by atoms with Crippen LogP contribution in [-0.4, -0.2) is 29.5 Å². The molecule has 0 aliphatic rings. The number of nitriles is 1. The van der Waals surface area contributed by atoms with Crippen molar-refractivity contribution in [2.75, 3.05) is 29.7 Å². The average Bonchev–Trinajstić information content (AvgIpc) is 3.10. The molecule has 11 heteroatoms. The van der Waals surface area contributed by atoms with E-state index in [0.29, 0.717) is 58.4 Å². The molecule has 0 radical (unpaired) electrons. The molecule has 280 valence electrons. The molecule has 2 unspecified atom stereocenters. The van der Waals surface area contributed by atoms with Gasteiger partial charge in [0.2, 0.25) is 0 Å². The van der Waals surface area contributed by atoms with Crippen LogP contribution in [0.25, 0.3) is 0 Å². The summed E-state index contributed by atoms with van der Waals surface area (Å²) in [6, 6.07) is 7.19. The van der Waals surface area contributed by atoms with E-state index in [4.69, 9.17) is 9.85 Å². The molecule has 0 heterocycles. The van der Waals surface area contributed by atoms with Gasteiger partial charge in [0, 0.05) is 28.7 Å². The molecule has 0 fully saturated rings. The molecule has 0 saturated heterocycles. The standard InChI is InChI=1S/C39H63BrN5O4P/c1-8-15-18-19-24-45(27-29(11-4)20-16-9-2)38-32(13-6)37(44-50(46,47)48)36(43-42-35-23-22-31(26-41)25-34(35)40)33(14-7)39(38)49-28-30(12-5)21-17-10-3/h22-23,25,29-30H,8-21,24,27-28H2,1-7H3,(H3,44,46,47,48). The molecular weight excluding hydrogens is 713 g/mol. The smallest absolute Gasteiger partial charge is 0.427 e. The van der Waals surface area contributed by atoms with E-state index in [9.17, 15) is 19.6 Å². The summed E-state index contributed by atoms with van der Waals surface area (Å²) in [5.41, 5.74) is 4.13. The van der Waals surface area contributed by atoms with Crippen LogP contribution in [0.4, 0.5) is 22.7 Å². The van der Waals surface area contributed by atoms with Gasteiger partial charge in [0.1, 0.15) is 11.4 Å². The van der Waals surface area contributed by atoms with Gasteiger partial charge >= 0.3 is 7.75 Å². The van der Waals surface area contributed by atoms with E-state index in [2.05, 4.69) is 71.7 Å². The summed E-state index contributed by atoms with van der Waals surface area (Å²) in [6.45, 7) is 17.4. The quantitative estimate of drug-likeness (QED) is 0.0520. The minimum absolute atomic E-state index is 0.298. The van der Waals surface area contributed by atoms with Crippen LogP contribution >= 0.6 is 23.7 Å². The second kappa shape index (κ2) is 23.2. The van der Waals surface area contributed by atoms with Crippen molar-refractivity contribution in [1.82, 2.24) is 0 Å². The Labute approximate surface area is 311 Å². The molecule has 0 aliphatic heterocycles. The Hall–Kier alpha value is -2.44. The van der Waals surface area contributed by atoms with Crippen LogP contribution in [0.1, 0.15) is 142 Å². The summed E-state index contributed by atoms with van der Waals surface area (Å²) in [6.07, 6.45) is 14.3. The van der Waals surface area contributed by atoms with Gasteiger partial charge in [-0.3, -0.25) is 5.09 Å². The molecule has 0 aliphatic carbocycles. The summed E-state index contributed by atoms with van der Waals surface area (Å²) < 4.78 is 20.3. The number of halogens is 1. The highest BCUT2D eigenvalue weighted by Gasteiger charge is 2.31. The Balaban J connectivity index is 3.00. The lowest BCUT2D eigenvalue weighted by Crippen LogP contribution is -2.32. The molecule has 50 heavy (non-hydrogen) atoms. The molecule has 0 amide bonds. The summed E-state index contributed by atoms with van der Waals surface area (Å²) in [4.78, 5) is 23.2. The van der Waals surface area contributed by atoms with Gasteiger partial charge in [-0.2, -0.15) is 5.26 Å². The van der Waals surface area contributed by atoms with Gasteiger partial charge in [0.25, 0.3) is 0 Å². The van der Waals surface area contributed by atoms with Gasteiger partial charge in [-0.15, -0.1) is 10.2 Å². The molecule has 0 bridgehead atoms. The molecule has 0 saturated carbocycles. The van der Waals surface area contributed by atoms with Crippen LogP contribution in [-0.2, 0) is 17.4 Å². The van der Waals surface area contributed by atoms with Crippen LogP contribution in [0.5, 0.6) is 5.75 Å². The molecule has 3 N–H and O–H groups in total. The normalized spacial score (nSPS) is 13.0. The Morgan fingerprint density at radius 1 is 0.900 bits per heavy atom. The fourth-order valence-electron chi connectivity index (χ4n) is 6.45. The first-order chi connectivity index (χ1) is 24.0. The van der Waals surface area contributed by atoms with E-state index in [-0.39, 0.29) is 0 Å². The molecule has 0 aromatic heterocycles. The number of anilines is 2. The van der Waals surface area contributed by atoms with Crippen molar-refractivity contribution >= 4 is 46.4 Å². The van der Waals surface area contributed by atoms with E-state index < -0.39 is 7.75 Å². The zero-order valence-corrected chi connectivity index (χ0v) is 34.2. The number of unbranched alkanes of at least 4 members (excludes halogenated alkanes) is 5. The highest BCUT2D eigenvalue weighted by Crippen LogP contribution is 2.52. The van der Waals surface area contributed by atoms with E-state index in [1.807, 2.05) is 13.8 Å². The van der Waals surface area contributed by atoms with Gasteiger partial charge in [-0.25, -0.2) is 4.57 Å². The predicted molar refractivity (Wildman–Crippen MR) is 212 cm³/mol. The Morgan fingerprint density at radius 2 is 1.54 bits per heavy atom. The molecule has 0 spiro atoms. The zero-order chi connectivity index (χ0) is 37.1. The van der Waals surface area contributed by atoms with Crippen molar-refractivity contribution in [3.05, 3.63) is 39.4 Å². The largest absolute Gasteiger partial charge is 0.491 e. The van der Waals surface area contributed by atoms with Gasteiger partial charge in [-0.05, 0) is 78.1 Å². The summed E-state index contributed by atoms with van der Waals surface area (Å²) in [5.74, 6) is 1.61. The minimum Gasteiger partial charge on any atom is -0.491 e. The van der Waals surface area contributed by atoms with Crippen LogP contribution in [0, 0.1) is 23.2 Å². The first-order valence-corrected chi connectivity index (χ1v) is 21.5. The highest BCUT2D eigenvalue weighted by molar-refractivity contribution is 9.10. The first kappa shape index (κ1) is 43.7. The van der Waals surface area contributed by atoms with Gasteiger partial charge in [-0.1, -0.05) is 106 Å². The number of nitrogens with zero attached hydrogens (tertiary/aromatic N) is 4. The fraction of sp³-hybridized carbons (Fsp3) is 0.667. The predicted octanol–water partition coefficient (Wildman–Crippen LogP) is 12.6. The maximum Gasteiger partial charge on any atom is 0.427 e. The molecule has 2 rings (SSSR count). The molecule has 2 aromatic carbocycles. The number of azo groups is 1. The Bertz CT molecular complexity index is 1440. The van der Waals surface area contributed by atoms with Crippen LogP contribution in [0.15, 0.2) is 32.9 Å². The lowest BCUT2D eigenvalue weighted by atomic mass is 9.94. The lowest BCUT2D eigenvalue weighted by Gasteiger charge is -2.35. The SMILES string of the molecule is CCCCCCN(CC(CC)CCCC)c1c(CC)c(NP(=O)(O)O)c(N=Nc2ccc(C#N)cc2Br)c(CC)c1OCC(CC)CCCC. The van der Waals surface area contributed by atoms with E-state index in [0.717, 1.165) is 113 Å². The van der Waals surface area contributed by atoms with Crippen molar-refractivity contribution in [3.8, 4) is 11.8 Å². The monoisotopic (exact) mass is 775 g/mol. The van der Waals surface area contributed by atoms with Crippen molar-refractivity contribution in [1.29, 1.82) is 5.26 Å². The van der Waals surface area contributed by atoms with Crippen molar-refractivity contribution in [3.63, 3.8) is 0 Å². The second-order valence-electron chi connectivity index (χ2n) is 13.4. The van der Waals surface area contributed by atoms with Crippen molar-refractivity contribution in [2.24, 2.45) is 22.1 Å². The highest BCUT2D eigenvalue weighted by atomic mass is 79.9. The number of nitrogens with one attached hydrogen (secondary N) is 1. The van der Waals surface area contributed by atoms with E-state index in [1.54, 1.807) is 18.2 Å². The summed E-state index contributed by atoms with van der Waals surface area (Å²) in [7, 11) is -4.75. The van der Waals surface area contributed by atoms with Crippen molar-refractivity contribution < 1.29 is 19.1 Å². The fourth-order valence-corrected chi connectivity index (χ4v) is 7.44. The molecular formula is C39H63BrN5O4P. The third-order valence-electron chi connectivity index (χ3n) is 9.52. The second-order valence-corrected chi connectivity index (χ2v) is 15.5. The Morgan fingerprint density at radius 3 is 2.08 bits per heavy atom. The average molecular weight is 777 g/mol. The summed E-state index contributed by atoms with van der Waals surface area (Å²) in [5, 5.41) is 21.2. The van der Waals surface area contributed by atoms with Crippen LogP contribution in [0.2, 0.25) is 0 Å². The topological polar surface area (TPSA) is 131 Å². The van der Waals surface area contributed by atoms with E-state index >= 15 is 0 Å². The number of hydrogen-bond donors (Lipinski definition) is 3. The summed E-state index contributed by atoms with van der Waals surface area (Å²) >= 11 is 3.51. The third-order valence-corrected chi connectivity index (χ3v) is 10.7. The first-order valence-electron chi connectivity index (χ1n) is 19.1. The van der Waals surface area contributed by atoms with Crippen molar-refractivity contribution in [2.45, 2.75) is 138 Å². The van der Waals surface area contributed by atoms with Crippen LogP contribution in [0.3, 0.4) is 0 Å². The number of hydrogen-bond acceptors (Lipinski definition) is 6. The zero-order valence-electron chi connectivity index (χ0n) is 31.7. The van der Waals surface area contributed by atoms with Gasteiger partial charge in [0.05, 0.1) is 35.3 Å². The lowest BCUT2D eigenvalue weighted by molar-refractivity contribution is 0.231. The van der Waals surface area contributed by atoms with Crippen LogP contribution < -0.4 is 14.7 Å². The molecule has 2 aromatic rings. The maximum absolute atomic E-state index is 12.8. The Kier molecular flexibility index (Phi) is 20.3. The van der Waals surface area contributed by atoms with Gasteiger partial charge < -0.3 is 19.4 Å². The number of benzene rings is 2. The minimum atomic E-state index is -4.75. The third kappa shape index (κ3) is 13.6. The number of ether oxygens (including phenoxy) is 1. The maximum atomic E-state index is 12.8. The van der Waals surface area contributed by atoms with E-state index in [1.165, 1.54) is 0 Å².